The van der Waals surface area contributed by atoms with Crippen molar-refractivity contribution in [1.29, 1.82) is 0 Å². The fourth-order valence-corrected chi connectivity index (χ4v) is 4.52. The highest BCUT2D eigenvalue weighted by Gasteiger charge is 2.33. The van der Waals surface area contributed by atoms with Crippen molar-refractivity contribution in [2.45, 2.75) is 50.0 Å². The number of anilines is 3. The molecule has 2 aliphatic rings. The van der Waals surface area contributed by atoms with Crippen molar-refractivity contribution in [1.82, 2.24) is 24.5 Å². The van der Waals surface area contributed by atoms with E-state index >= 15 is 0 Å². The molecule has 3 aromatic heterocycles. The van der Waals surface area contributed by atoms with Crippen LogP contribution in [0.5, 0.6) is 0 Å². The van der Waals surface area contributed by atoms with E-state index in [0.717, 1.165) is 25.7 Å². The molecular weight excluding hydrogens is 438 g/mol. The fourth-order valence-electron chi connectivity index (χ4n) is 4.52. The molecule has 2 saturated carbocycles. The van der Waals surface area contributed by atoms with Crippen LogP contribution < -0.4 is 21.5 Å². The van der Waals surface area contributed by atoms with E-state index in [1.54, 1.807) is 48.7 Å². The van der Waals surface area contributed by atoms with E-state index in [2.05, 4.69) is 26.0 Å². The van der Waals surface area contributed by atoms with Gasteiger partial charge in [-0.15, -0.1) is 0 Å². The molecule has 3 heterocycles. The van der Waals surface area contributed by atoms with Gasteiger partial charge >= 0.3 is 0 Å². The first kappa shape index (κ1) is 22.4. The number of aromatic nitrogens is 4. The van der Waals surface area contributed by atoms with Gasteiger partial charge in [-0.1, -0.05) is 0 Å². The highest BCUT2D eigenvalue weighted by molar-refractivity contribution is 6.00. The number of amides is 1. The minimum absolute atomic E-state index is 0.0236. The van der Waals surface area contributed by atoms with Gasteiger partial charge in [-0.05, 0) is 37.8 Å². The summed E-state index contributed by atoms with van der Waals surface area (Å²) >= 11 is 0. The summed E-state index contributed by atoms with van der Waals surface area (Å²) in [7, 11) is 5.10. The molecule has 34 heavy (non-hydrogen) atoms. The number of carbonyl (C=O) groups is 1. The number of nitrogens with zero attached hydrogens (tertiary/aromatic N) is 4. The maximum atomic E-state index is 13.1. The number of rotatable bonds is 8. The molecule has 0 radical (unpaired) electrons. The second kappa shape index (κ2) is 9.07. The molecule has 0 aliphatic heterocycles. The van der Waals surface area contributed by atoms with Gasteiger partial charge in [-0.25, -0.2) is 4.98 Å². The molecule has 2 aliphatic carbocycles. The minimum atomic E-state index is -0.256. The third-order valence-corrected chi connectivity index (χ3v) is 6.84. The summed E-state index contributed by atoms with van der Waals surface area (Å²) in [6.45, 7) is 0. The van der Waals surface area contributed by atoms with Gasteiger partial charge in [-0.3, -0.25) is 9.59 Å². The number of methoxy groups -OCH3 is 2. The average molecular weight is 468 g/mol. The molecule has 0 saturated heterocycles. The lowest BCUT2D eigenvalue weighted by Gasteiger charge is -2.35. The van der Waals surface area contributed by atoms with Crippen molar-refractivity contribution in [2.24, 2.45) is 0 Å². The smallest absolute Gasteiger partial charge is 0.274 e. The molecule has 2 fully saturated rings. The van der Waals surface area contributed by atoms with E-state index in [1.807, 2.05) is 6.07 Å². The Morgan fingerprint density at radius 2 is 2.03 bits per heavy atom. The lowest BCUT2D eigenvalue weighted by molar-refractivity contribution is 0.00522. The second-order valence-corrected chi connectivity index (χ2v) is 8.74. The van der Waals surface area contributed by atoms with E-state index in [4.69, 9.17) is 9.47 Å². The van der Waals surface area contributed by atoms with Crippen LogP contribution in [0.15, 0.2) is 35.4 Å². The summed E-state index contributed by atoms with van der Waals surface area (Å²) in [5.41, 5.74) is 1.02. The number of hydrogen-bond donors (Lipinski definition) is 3. The molecule has 180 valence electrons. The number of nitrogens with one attached hydrogen (secondary N) is 3. The molecule has 11 heteroatoms. The lowest BCUT2D eigenvalue weighted by Crippen LogP contribution is -2.51. The molecule has 11 nitrogen and oxygen atoms in total. The number of fused-ring (bicyclic) bond motifs is 1. The predicted molar refractivity (Wildman–Crippen MR) is 127 cm³/mol. The van der Waals surface area contributed by atoms with E-state index in [-0.39, 0.29) is 35.8 Å². The number of pyridine rings is 1. The number of carbonyl (C=O) groups excluding carboxylic acids is 1. The summed E-state index contributed by atoms with van der Waals surface area (Å²) < 4.78 is 14.0. The van der Waals surface area contributed by atoms with Gasteiger partial charge in [-0.2, -0.15) is 9.61 Å². The molecule has 0 aromatic carbocycles. The molecule has 5 rings (SSSR count). The van der Waals surface area contributed by atoms with Crippen molar-refractivity contribution in [3.05, 3.63) is 46.5 Å². The molecule has 2 atom stereocenters. The Kier molecular flexibility index (Phi) is 5.96. The summed E-state index contributed by atoms with van der Waals surface area (Å²) in [5.74, 6) is 0.805. The molecular formula is C23H29N7O4. The predicted octanol–water partition coefficient (Wildman–Crippen LogP) is 1.93. The Hall–Kier alpha value is -3.44. The summed E-state index contributed by atoms with van der Waals surface area (Å²) in [6.07, 6.45) is 6.94. The maximum Gasteiger partial charge on any atom is 0.274 e. The van der Waals surface area contributed by atoms with Crippen LogP contribution in [0.4, 0.5) is 17.3 Å². The van der Waals surface area contributed by atoms with Gasteiger partial charge in [0.1, 0.15) is 22.9 Å². The van der Waals surface area contributed by atoms with Gasteiger partial charge in [0.05, 0.1) is 24.4 Å². The number of hydrogen-bond acceptors (Lipinski definition) is 8. The quantitative estimate of drug-likeness (QED) is 0.459. The van der Waals surface area contributed by atoms with Gasteiger partial charge in [0.2, 0.25) is 0 Å². The molecule has 0 bridgehead atoms. The van der Waals surface area contributed by atoms with Crippen molar-refractivity contribution in [2.75, 3.05) is 31.9 Å². The van der Waals surface area contributed by atoms with Crippen LogP contribution in [0.25, 0.3) is 5.65 Å². The van der Waals surface area contributed by atoms with Gasteiger partial charge in [0.25, 0.3) is 11.5 Å². The van der Waals surface area contributed by atoms with E-state index < -0.39 is 0 Å². The third kappa shape index (κ3) is 3.90. The van der Waals surface area contributed by atoms with Crippen LogP contribution in [0.1, 0.15) is 42.1 Å². The Balaban J connectivity index is 1.43. The van der Waals surface area contributed by atoms with Gasteiger partial charge in [0, 0.05) is 39.6 Å². The summed E-state index contributed by atoms with van der Waals surface area (Å²) in [4.78, 5) is 30.7. The molecule has 0 unspecified atom stereocenters. The van der Waals surface area contributed by atoms with Crippen molar-refractivity contribution in [3.8, 4) is 0 Å². The Labute approximate surface area is 196 Å². The lowest BCUT2D eigenvalue weighted by atomic mass is 9.89. The van der Waals surface area contributed by atoms with Crippen LogP contribution in [0.2, 0.25) is 0 Å². The second-order valence-electron chi connectivity index (χ2n) is 8.74. The molecule has 0 spiro atoms. The van der Waals surface area contributed by atoms with Crippen LogP contribution in [0, 0.1) is 0 Å². The first-order valence-corrected chi connectivity index (χ1v) is 11.4. The largest absolute Gasteiger partial charge is 0.381 e. The highest BCUT2D eigenvalue weighted by atomic mass is 16.5. The zero-order chi connectivity index (χ0) is 23.8. The Morgan fingerprint density at radius 1 is 1.21 bits per heavy atom. The zero-order valence-corrected chi connectivity index (χ0v) is 19.4. The molecule has 1 amide bonds. The van der Waals surface area contributed by atoms with E-state index in [9.17, 15) is 9.59 Å². The molecule has 3 N–H and O–H groups in total. The van der Waals surface area contributed by atoms with Gasteiger partial charge < -0.3 is 30.0 Å². The topological polar surface area (TPSA) is 124 Å². The highest BCUT2D eigenvalue weighted by Crippen LogP contribution is 2.33. The van der Waals surface area contributed by atoms with E-state index in [1.165, 1.54) is 6.20 Å². The summed E-state index contributed by atoms with van der Waals surface area (Å²) in [6, 6.07) is 5.40. The van der Waals surface area contributed by atoms with Gasteiger partial charge in [0.15, 0.2) is 5.65 Å². The minimum Gasteiger partial charge on any atom is -0.381 e. The monoisotopic (exact) mass is 467 g/mol. The Bertz CT molecular complexity index is 1260. The average Bonchev–Trinajstić information content (AvgIpc) is 3.22. The van der Waals surface area contributed by atoms with Crippen LogP contribution in [0.3, 0.4) is 0 Å². The Morgan fingerprint density at radius 3 is 2.71 bits per heavy atom. The van der Waals surface area contributed by atoms with Crippen molar-refractivity contribution in [3.63, 3.8) is 0 Å². The standard InChI is InChI=1S/C23H29N7O4/c1-24-20-11-19(26-17-5-4-8-29(23(17)32)13-9-14(10-13)33-2)28-21-15(12-25-30(20)21)22(31)27-16-6-7-18(16)34-3/h4-5,8,11-14,16,18,24H,6-7,9-10H2,1-3H3,(H,26,28)(H,27,31)/t13-,14-,16-,18-/m1/s1. The van der Waals surface area contributed by atoms with Crippen LogP contribution in [-0.4, -0.2) is 64.6 Å². The first-order chi connectivity index (χ1) is 16.5. The van der Waals surface area contributed by atoms with E-state index in [0.29, 0.717) is 28.5 Å². The SMILES string of the molecule is CNc1cc(Nc2cccn([C@H]3C[C@H](OC)C3)c2=O)nc2c(C(=O)N[C@@H]3CC[C@H]3OC)cnn12. The first-order valence-electron chi connectivity index (χ1n) is 11.4. The third-order valence-electron chi connectivity index (χ3n) is 6.84. The van der Waals surface area contributed by atoms with Crippen LogP contribution >= 0.6 is 0 Å². The van der Waals surface area contributed by atoms with Crippen molar-refractivity contribution >= 4 is 28.9 Å². The molecule has 3 aromatic rings. The zero-order valence-electron chi connectivity index (χ0n) is 19.4. The number of ether oxygens (including phenoxy) is 2. The summed E-state index contributed by atoms with van der Waals surface area (Å²) in [5, 5.41) is 13.5. The van der Waals surface area contributed by atoms with Crippen molar-refractivity contribution < 1.29 is 14.3 Å². The maximum absolute atomic E-state index is 13.1. The fraction of sp³-hybridized carbons (Fsp3) is 0.478. The normalized spacial score (nSPS) is 23.7. The van der Waals surface area contributed by atoms with Crippen LogP contribution in [-0.2, 0) is 9.47 Å².